The van der Waals surface area contributed by atoms with E-state index in [9.17, 15) is 0 Å². The molecule has 0 fully saturated rings. The van der Waals surface area contributed by atoms with E-state index in [1.807, 2.05) is 13.1 Å². The molecule has 0 spiro atoms. The van der Waals surface area contributed by atoms with Crippen LogP contribution in [0.4, 0.5) is 0 Å². The maximum Gasteiger partial charge on any atom is 0.0994 e. The van der Waals surface area contributed by atoms with Gasteiger partial charge in [0.15, 0.2) is 0 Å². The van der Waals surface area contributed by atoms with Gasteiger partial charge in [0.2, 0.25) is 0 Å². The van der Waals surface area contributed by atoms with Crippen molar-refractivity contribution in [1.82, 2.24) is 15.0 Å². The van der Waals surface area contributed by atoms with Crippen molar-refractivity contribution in [2.24, 2.45) is 5.73 Å². The number of hydrogen-bond acceptors (Lipinski definition) is 4. The molecule has 1 aromatic rings. The van der Waals surface area contributed by atoms with E-state index in [2.05, 4.69) is 17.2 Å². The summed E-state index contributed by atoms with van der Waals surface area (Å²) in [6.45, 7) is 6.45. The van der Waals surface area contributed by atoms with Gasteiger partial charge >= 0.3 is 0 Å². The third kappa shape index (κ3) is 4.28. The molecule has 1 unspecified atom stereocenters. The van der Waals surface area contributed by atoms with Crippen LogP contribution in [-0.2, 0) is 11.3 Å². The van der Waals surface area contributed by atoms with Gasteiger partial charge in [-0.1, -0.05) is 25.5 Å². The molecule has 2 N–H and O–H groups in total. The number of rotatable bonds is 8. The Morgan fingerprint density at radius 1 is 1.44 bits per heavy atom. The first-order valence-electron chi connectivity index (χ1n) is 6.01. The van der Waals surface area contributed by atoms with Gasteiger partial charge in [-0.05, 0) is 12.8 Å². The molecule has 0 aliphatic carbocycles. The van der Waals surface area contributed by atoms with Crippen LogP contribution in [0.25, 0.3) is 0 Å². The van der Waals surface area contributed by atoms with Crippen LogP contribution in [0, 0.1) is 0 Å². The molecule has 5 nitrogen and oxygen atoms in total. The van der Waals surface area contributed by atoms with Crippen LogP contribution < -0.4 is 5.73 Å². The highest BCUT2D eigenvalue weighted by atomic mass is 16.5. The van der Waals surface area contributed by atoms with Crippen molar-refractivity contribution in [2.45, 2.75) is 45.7 Å². The molecular formula is C11H22N4O. The molecule has 0 amide bonds. The quantitative estimate of drug-likeness (QED) is 0.682. The minimum Gasteiger partial charge on any atom is -0.380 e. The van der Waals surface area contributed by atoms with Crippen molar-refractivity contribution < 1.29 is 4.74 Å². The van der Waals surface area contributed by atoms with Gasteiger partial charge in [0.1, 0.15) is 0 Å². The highest BCUT2D eigenvalue weighted by molar-refractivity contribution is 4.98. The largest absolute Gasteiger partial charge is 0.380 e. The number of nitrogens with zero attached hydrogens (tertiary/aromatic N) is 3. The molecule has 0 saturated carbocycles. The summed E-state index contributed by atoms with van der Waals surface area (Å²) in [5.74, 6) is 0. The van der Waals surface area contributed by atoms with Crippen LogP contribution >= 0.6 is 0 Å². The number of unbranched alkanes of at least 4 members (excludes halogenated alkanes) is 1. The van der Waals surface area contributed by atoms with E-state index < -0.39 is 0 Å². The van der Waals surface area contributed by atoms with Gasteiger partial charge < -0.3 is 10.5 Å². The average molecular weight is 226 g/mol. The Morgan fingerprint density at radius 2 is 2.25 bits per heavy atom. The Hall–Kier alpha value is -0.940. The Bertz CT molecular complexity index is 287. The van der Waals surface area contributed by atoms with Crippen LogP contribution in [0.2, 0.25) is 0 Å². The predicted molar refractivity (Wildman–Crippen MR) is 63.0 cm³/mol. The zero-order valence-corrected chi connectivity index (χ0v) is 10.2. The third-order valence-electron chi connectivity index (χ3n) is 2.48. The van der Waals surface area contributed by atoms with Gasteiger partial charge in [0.25, 0.3) is 0 Å². The average Bonchev–Trinajstić information content (AvgIpc) is 2.76. The van der Waals surface area contributed by atoms with Gasteiger partial charge in [-0.3, -0.25) is 0 Å². The molecule has 0 aromatic carbocycles. The number of hydrogen-bond donors (Lipinski definition) is 1. The molecule has 1 rings (SSSR count). The van der Waals surface area contributed by atoms with Crippen molar-refractivity contribution >= 4 is 0 Å². The van der Waals surface area contributed by atoms with E-state index in [4.69, 9.17) is 10.5 Å². The van der Waals surface area contributed by atoms with Crippen LogP contribution in [0.15, 0.2) is 6.20 Å². The number of ether oxygens (including phenoxy) is 1. The summed E-state index contributed by atoms with van der Waals surface area (Å²) >= 11 is 0. The zero-order valence-electron chi connectivity index (χ0n) is 10.2. The summed E-state index contributed by atoms with van der Waals surface area (Å²) in [5.41, 5.74) is 6.71. The van der Waals surface area contributed by atoms with E-state index in [-0.39, 0.29) is 6.04 Å². The first-order valence-corrected chi connectivity index (χ1v) is 6.01. The van der Waals surface area contributed by atoms with Crippen LogP contribution in [-0.4, -0.2) is 28.2 Å². The topological polar surface area (TPSA) is 66.0 Å². The Morgan fingerprint density at radius 3 is 2.94 bits per heavy atom. The maximum absolute atomic E-state index is 5.85. The lowest BCUT2D eigenvalue weighted by Gasteiger charge is -2.03. The highest BCUT2D eigenvalue weighted by Crippen LogP contribution is 2.08. The van der Waals surface area contributed by atoms with Gasteiger partial charge in [0, 0.05) is 6.61 Å². The summed E-state index contributed by atoms with van der Waals surface area (Å²) in [4.78, 5) is 0. The highest BCUT2D eigenvalue weighted by Gasteiger charge is 2.07. The van der Waals surface area contributed by atoms with Gasteiger partial charge in [-0.2, -0.15) is 0 Å². The van der Waals surface area contributed by atoms with E-state index >= 15 is 0 Å². The minimum atomic E-state index is -0.00485. The second-order valence-electron chi connectivity index (χ2n) is 3.89. The zero-order chi connectivity index (χ0) is 11.8. The molecule has 5 heteroatoms. The second-order valence-corrected chi connectivity index (χ2v) is 3.89. The van der Waals surface area contributed by atoms with Gasteiger partial charge in [-0.25, -0.2) is 4.68 Å². The summed E-state index contributed by atoms with van der Waals surface area (Å²) < 4.78 is 7.24. The third-order valence-corrected chi connectivity index (χ3v) is 2.48. The second kappa shape index (κ2) is 7.35. The van der Waals surface area contributed by atoms with Gasteiger partial charge in [0.05, 0.1) is 31.1 Å². The normalized spacial score (nSPS) is 12.9. The monoisotopic (exact) mass is 226 g/mol. The molecule has 0 bridgehead atoms. The smallest absolute Gasteiger partial charge is 0.0994 e. The molecule has 0 radical (unpaired) electrons. The van der Waals surface area contributed by atoms with E-state index in [0.29, 0.717) is 6.61 Å². The molecule has 92 valence electrons. The van der Waals surface area contributed by atoms with Crippen LogP contribution in [0.3, 0.4) is 0 Å². The van der Waals surface area contributed by atoms with Crippen molar-refractivity contribution in [1.29, 1.82) is 0 Å². The van der Waals surface area contributed by atoms with E-state index in [0.717, 1.165) is 31.7 Å². The lowest BCUT2D eigenvalue weighted by Crippen LogP contribution is -2.09. The molecule has 1 aromatic heterocycles. The summed E-state index contributed by atoms with van der Waals surface area (Å²) in [5, 5.41) is 8.04. The summed E-state index contributed by atoms with van der Waals surface area (Å²) in [7, 11) is 0. The van der Waals surface area contributed by atoms with Crippen LogP contribution in [0.1, 0.15) is 44.8 Å². The Kier molecular flexibility index (Phi) is 6.03. The lowest BCUT2D eigenvalue weighted by atomic mass is 10.2. The SMILES string of the molecule is CCCCOCCn1cc(C(N)CC)nn1. The van der Waals surface area contributed by atoms with Crippen molar-refractivity contribution in [3.05, 3.63) is 11.9 Å². The fraction of sp³-hybridized carbons (Fsp3) is 0.818. The lowest BCUT2D eigenvalue weighted by molar-refractivity contribution is 0.120. The standard InChI is InChI=1S/C11H22N4O/c1-3-5-7-16-8-6-15-9-11(13-14-15)10(12)4-2/h9-10H,3-8,12H2,1-2H3. The maximum atomic E-state index is 5.85. The first kappa shape index (κ1) is 13.1. The minimum absolute atomic E-state index is 0.00485. The molecule has 1 atom stereocenters. The fourth-order valence-electron chi connectivity index (χ4n) is 1.31. The number of nitrogens with two attached hydrogens (primary N) is 1. The van der Waals surface area contributed by atoms with Crippen LogP contribution in [0.5, 0.6) is 0 Å². The van der Waals surface area contributed by atoms with Crippen molar-refractivity contribution in [3.63, 3.8) is 0 Å². The molecule has 1 heterocycles. The van der Waals surface area contributed by atoms with Crippen molar-refractivity contribution in [2.75, 3.05) is 13.2 Å². The van der Waals surface area contributed by atoms with E-state index in [1.165, 1.54) is 6.42 Å². The van der Waals surface area contributed by atoms with Crippen molar-refractivity contribution in [3.8, 4) is 0 Å². The molecule has 0 saturated heterocycles. The molecule has 16 heavy (non-hydrogen) atoms. The molecular weight excluding hydrogens is 204 g/mol. The number of aromatic nitrogens is 3. The summed E-state index contributed by atoms with van der Waals surface area (Å²) in [6.07, 6.45) is 5.06. The first-order chi connectivity index (χ1) is 7.77. The van der Waals surface area contributed by atoms with Gasteiger partial charge in [-0.15, -0.1) is 5.10 Å². The predicted octanol–water partition coefficient (Wildman–Crippen LogP) is 1.50. The Labute approximate surface area is 97.0 Å². The Balaban J connectivity index is 2.24. The molecule has 0 aliphatic rings. The molecule has 0 aliphatic heterocycles. The van der Waals surface area contributed by atoms with E-state index in [1.54, 1.807) is 4.68 Å². The summed E-state index contributed by atoms with van der Waals surface area (Å²) in [6, 6.07) is -0.00485. The fourth-order valence-corrected chi connectivity index (χ4v) is 1.31.